The minimum Gasteiger partial charge on any atom is -0.484 e. The predicted molar refractivity (Wildman–Crippen MR) is 76.8 cm³/mol. The molecule has 2 rings (SSSR count). The van der Waals surface area contributed by atoms with Crippen molar-refractivity contribution in [2.75, 3.05) is 24.6 Å². The van der Waals surface area contributed by atoms with Crippen LogP contribution in [0.1, 0.15) is 26.2 Å². The van der Waals surface area contributed by atoms with Crippen LogP contribution in [0.5, 0.6) is 5.75 Å². The molecule has 1 fully saturated rings. The first-order chi connectivity index (χ1) is 9.70. The molecular weight excluding hydrogens is 256 g/mol. The summed E-state index contributed by atoms with van der Waals surface area (Å²) in [7, 11) is 0. The Balaban J connectivity index is 1.92. The molecule has 1 heterocycles. The van der Waals surface area contributed by atoms with Crippen LogP contribution in [0, 0.1) is 0 Å². The van der Waals surface area contributed by atoms with E-state index in [9.17, 15) is 9.59 Å². The number of benzene rings is 1. The van der Waals surface area contributed by atoms with Gasteiger partial charge in [-0.3, -0.25) is 9.59 Å². The lowest BCUT2D eigenvalue weighted by Gasteiger charge is -2.16. The molecule has 0 aromatic heterocycles. The van der Waals surface area contributed by atoms with Gasteiger partial charge in [-0.05, 0) is 25.0 Å². The number of carbonyl (C=O) groups is 2. The van der Waals surface area contributed by atoms with Crippen LogP contribution in [0.2, 0.25) is 0 Å². The third-order valence-corrected chi connectivity index (χ3v) is 3.14. The number of hydrogen-bond acceptors (Lipinski definition) is 3. The van der Waals surface area contributed by atoms with Gasteiger partial charge in [-0.1, -0.05) is 13.0 Å². The van der Waals surface area contributed by atoms with E-state index in [0.29, 0.717) is 18.7 Å². The van der Waals surface area contributed by atoms with Crippen LogP contribution in [0.25, 0.3) is 0 Å². The van der Waals surface area contributed by atoms with Crippen molar-refractivity contribution < 1.29 is 14.3 Å². The molecule has 0 bridgehead atoms. The molecule has 0 saturated carbocycles. The molecule has 20 heavy (non-hydrogen) atoms. The summed E-state index contributed by atoms with van der Waals surface area (Å²) >= 11 is 0. The molecule has 1 aliphatic rings. The second kappa shape index (κ2) is 6.93. The molecule has 5 nitrogen and oxygen atoms in total. The maximum absolute atomic E-state index is 11.7. The summed E-state index contributed by atoms with van der Waals surface area (Å²) in [5, 5.41) is 2.75. The van der Waals surface area contributed by atoms with Crippen molar-refractivity contribution in [3.05, 3.63) is 24.3 Å². The zero-order valence-electron chi connectivity index (χ0n) is 11.7. The third kappa shape index (κ3) is 3.73. The van der Waals surface area contributed by atoms with E-state index < -0.39 is 0 Å². The van der Waals surface area contributed by atoms with Crippen LogP contribution >= 0.6 is 0 Å². The van der Waals surface area contributed by atoms with Crippen LogP contribution in [-0.2, 0) is 9.59 Å². The highest BCUT2D eigenvalue weighted by molar-refractivity contribution is 5.95. The SMILES string of the molecule is CCCNC(=O)COc1cccc(N2CCCC2=O)c1. The van der Waals surface area contributed by atoms with Gasteiger partial charge in [0.1, 0.15) is 5.75 Å². The van der Waals surface area contributed by atoms with Gasteiger partial charge in [0.25, 0.3) is 5.91 Å². The van der Waals surface area contributed by atoms with Crippen LogP contribution in [0.3, 0.4) is 0 Å². The molecular formula is C15H20N2O3. The van der Waals surface area contributed by atoms with Crippen LogP contribution in [0.15, 0.2) is 24.3 Å². The monoisotopic (exact) mass is 276 g/mol. The van der Waals surface area contributed by atoms with Gasteiger partial charge in [-0.2, -0.15) is 0 Å². The van der Waals surface area contributed by atoms with Crippen molar-refractivity contribution in [3.63, 3.8) is 0 Å². The Morgan fingerprint density at radius 2 is 2.30 bits per heavy atom. The number of nitrogens with zero attached hydrogens (tertiary/aromatic N) is 1. The highest BCUT2D eigenvalue weighted by atomic mass is 16.5. The lowest BCUT2D eigenvalue weighted by molar-refractivity contribution is -0.123. The molecule has 0 aliphatic carbocycles. The highest BCUT2D eigenvalue weighted by Gasteiger charge is 2.21. The molecule has 1 aromatic rings. The molecule has 0 radical (unpaired) electrons. The fraction of sp³-hybridized carbons (Fsp3) is 0.467. The first-order valence-corrected chi connectivity index (χ1v) is 7.00. The van der Waals surface area contributed by atoms with Gasteiger partial charge in [-0.15, -0.1) is 0 Å². The van der Waals surface area contributed by atoms with Crippen molar-refractivity contribution in [2.45, 2.75) is 26.2 Å². The molecule has 5 heteroatoms. The molecule has 1 aromatic carbocycles. The summed E-state index contributed by atoms with van der Waals surface area (Å²) in [5.41, 5.74) is 0.832. The Labute approximate surface area is 118 Å². The Morgan fingerprint density at radius 1 is 1.45 bits per heavy atom. The van der Waals surface area contributed by atoms with E-state index in [4.69, 9.17) is 4.74 Å². The van der Waals surface area contributed by atoms with Gasteiger partial charge < -0.3 is 15.0 Å². The summed E-state index contributed by atoms with van der Waals surface area (Å²) in [5.74, 6) is 0.617. The zero-order valence-corrected chi connectivity index (χ0v) is 11.7. The molecule has 0 atom stereocenters. The number of amides is 2. The topological polar surface area (TPSA) is 58.6 Å². The van der Waals surface area contributed by atoms with Crippen LogP contribution in [-0.4, -0.2) is 31.5 Å². The molecule has 1 saturated heterocycles. The molecule has 0 unspecified atom stereocenters. The second-order valence-electron chi connectivity index (χ2n) is 4.78. The lowest BCUT2D eigenvalue weighted by Crippen LogP contribution is -2.29. The zero-order chi connectivity index (χ0) is 14.4. The minimum atomic E-state index is -0.130. The van der Waals surface area contributed by atoms with Crippen molar-refractivity contribution in [3.8, 4) is 5.75 Å². The molecule has 108 valence electrons. The van der Waals surface area contributed by atoms with Gasteiger partial charge in [0.15, 0.2) is 6.61 Å². The van der Waals surface area contributed by atoms with E-state index in [1.165, 1.54) is 0 Å². The first kappa shape index (κ1) is 14.4. The van der Waals surface area contributed by atoms with Crippen molar-refractivity contribution in [1.29, 1.82) is 0 Å². The largest absolute Gasteiger partial charge is 0.484 e. The summed E-state index contributed by atoms with van der Waals surface area (Å²) in [4.78, 5) is 24.9. The van der Waals surface area contributed by atoms with E-state index in [-0.39, 0.29) is 18.4 Å². The molecule has 2 amide bonds. The number of rotatable bonds is 6. The fourth-order valence-corrected chi connectivity index (χ4v) is 2.13. The number of carbonyl (C=O) groups excluding carboxylic acids is 2. The van der Waals surface area contributed by atoms with Gasteiger partial charge in [-0.25, -0.2) is 0 Å². The van der Waals surface area contributed by atoms with Crippen LogP contribution < -0.4 is 15.0 Å². The smallest absolute Gasteiger partial charge is 0.257 e. The van der Waals surface area contributed by atoms with Crippen molar-refractivity contribution in [2.24, 2.45) is 0 Å². The normalized spacial score (nSPS) is 14.4. The molecule has 1 aliphatic heterocycles. The van der Waals surface area contributed by atoms with Gasteiger partial charge >= 0.3 is 0 Å². The number of ether oxygens (including phenoxy) is 1. The standard InChI is InChI=1S/C15H20N2O3/c1-2-8-16-14(18)11-20-13-6-3-5-12(10-13)17-9-4-7-15(17)19/h3,5-6,10H,2,4,7-9,11H2,1H3,(H,16,18). The van der Waals surface area contributed by atoms with E-state index in [0.717, 1.165) is 25.1 Å². The minimum absolute atomic E-state index is 0.00258. The number of nitrogens with one attached hydrogen (secondary N) is 1. The Kier molecular flexibility index (Phi) is 4.98. The lowest BCUT2D eigenvalue weighted by atomic mass is 10.3. The predicted octanol–water partition coefficient (Wildman–Crippen LogP) is 1.72. The van der Waals surface area contributed by atoms with E-state index >= 15 is 0 Å². The van der Waals surface area contributed by atoms with E-state index in [1.54, 1.807) is 17.0 Å². The highest BCUT2D eigenvalue weighted by Crippen LogP contribution is 2.25. The summed E-state index contributed by atoms with van der Waals surface area (Å²) in [6, 6.07) is 7.31. The summed E-state index contributed by atoms with van der Waals surface area (Å²) in [6.45, 7) is 3.40. The second-order valence-corrected chi connectivity index (χ2v) is 4.78. The molecule has 0 spiro atoms. The first-order valence-electron chi connectivity index (χ1n) is 7.00. The van der Waals surface area contributed by atoms with Crippen molar-refractivity contribution >= 4 is 17.5 Å². The maximum Gasteiger partial charge on any atom is 0.257 e. The summed E-state index contributed by atoms with van der Waals surface area (Å²) in [6.07, 6.45) is 2.39. The average Bonchev–Trinajstić information content (AvgIpc) is 2.89. The number of hydrogen-bond donors (Lipinski definition) is 1. The van der Waals surface area contributed by atoms with Gasteiger partial charge in [0.2, 0.25) is 5.91 Å². The fourth-order valence-electron chi connectivity index (χ4n) is 2.13. The van der Waals surface area contributed by atoms with E-state index in [2.05, 4.69) is 5.32 Å². The average molecular weight is 276 g/mol. The van der Waals surface area contributed by atoms with Crippen LogP contribution in [0.4, 0.5) is 5.69 Å². The van der Waals surface area contributed by atoms with E-state index in [1.807, 2.05) is 19.1 Å². The Hall–Kier alpha value is -2.04. The summed E-state index contributed by atoms with van der Waals surface area (Å²) < 4.78 is 5.45. The molecule has 1 N–H and O–H groups in total. The maximum atomic E-state index is 11.7. The van der Waals surface area contributed by atoms with Gasteiger partial charge in [0, 0.05) is 31.3 Å². The Bertz CT molecular complexity index is 488. The Morgan fingerprint density at radius 3 is 3.00 bits per heavy atom. The van der Waals surface area contributed by atoms with Crippen molar-refractivity contribution in [1.82, 2.24) is 5.32 Å². The third-order valence-electron chi connectivity index (χ3n) is 3.14. The quantitative estimate of drug-likeness (QED) is 0.860. The van der Waals surface area contributed by atoms with Gasteiger partial charge in [0.05, 0.1) is 0 Å². The number of anilines is 1.